The number of carbonyl (C=O) groups is 4. The van der Waals surface area contributed by atoms with Gasteiger partial charge in [0.25, 0.3) is 0 Å². The Bertz CT molecular complexity index is 1080. The third-order valence-electron chi connectivity index (χ3n) is 9.26. The highest BCUT2D eigenvalue weighted by molar-refractivity contribution is 5.94. The second-order valence-electron chi connectivity index (χ2n) is 12.4. The van der Waals surface area contributed by atoms with E-state index in [1.807, 2.05) is 0 Å². The van der Waals surface area contributed by atoms with E-state index < -0.39 is 35.3 Å². The lowest BCUT2D eigenvalue weighted by Crippen LogP contribution is -2.58. The first-order valence-electron chi connectivity index (χ1n) is 14.1. The number of benzene rings is 1. The van der Waals surface area contributed by atoms with Crippen LogP contribution in [0.1, 0.15) is 103 Å². The maximum atomic E-state index is 13.8. The van der Waals surface area contributed by atoms with Gasteiger partial charge in [0.2, 0.25) is 11.8 Å². The number of aryl methyl sites for hydroxylation is 1. The molecule has 7 nitrogen and oxygen atoms in total. The van der Waals surface area contributed by atoms with Crippen LogP contribution in [0.3, 0.4) is 0 Å². The van der Waals surface area contributed by atoms with E-state index in [9.17, 15) is 19.2 Å². The maximum Gasteiger partial charge on any atom is 0.308 e. The van der Waals surface area contributed by atoms with Crippen LogP contribution >= 0.6 is 0 Å². The van der Waals surface area contributed by atoms with E-state index >= 15 is 0 Å². The lowest BCUT2D eigenvalue weighted by molar-refractivity contribution is -0.146. The molecule has 1 fully saturated rings. The third kappa shape index (κ3) is 5.81. The molecule has 1 saturated carbocycles. The number of ketones is 1. The molecule has 6 atom stereocenters. The molecule has 0 spiro atoms. The summed E-state index contributed by atoms with van der Waals surface area (Å²) >= 11 is 0. The van der Waals surface area contributed by atoms with E-state index in [1.54, 1.807) is 20.8 Å². The van der Waals surface area contributed by atoms with Crippen LogP contribution in [0, 0.1) is 17.3 Å². The molecule has 2 amide bonds. The Kier molecular flexibility index (Phi) is 9.10. The number of Topliss-reactive ketones (excluding diaryl/α,β-unsaturated/α-hetero) is 1. The summed E-state index contributed by atoms with van der Waals surface area (Å²) in [5.41, 5.74) is 3.46. The molecule has 3 rings (SSSR count). The first kappa shape index (κ1) is 29.9. The summed E-state index contributed by atoms with van der Waals surface area (Å²) in [4.78, 5) is 50.8. The molecule has 7 heteroatoms. The first-order valence-corrected chi connectivity index (χ1v) is 14.1. The van der Waals surface area contributed by atoms with Gasteiger partial charge in [0.05, 0.1) is 24.5 Å². The number of carbonyl (C=O) groups excluding carboxylic acids is 4. The zero-order valence-electron chi connectivity index (χ0n) is 24.4. The zero-order chi connectivity index (χ0) is 28.4. The second-order valence-corrected chi connectivity index (χ2v) is 12.4. The van der Waals surface area contributed by atoms with Crippen molar-refractivity contribution in [3.8, 4) is 0 Å². The van der Waals surface area contributed by atoms with Crippen LogP contribution in [-0.4, -0.2) is 42.8 Å². The van der Waals surface area contributed by atoms with E-state index in [1.165, 1.54) is 23.8 Å². The number of amides is 2. The molecule has 0 aliphatic heterocycles. The minimum Gasteiger partial charge on any atom is -0.469 e. The van der Waals surface area contributed by atoms with E-state index in [0.717, 1.165) is 32.1 Å². The molecule has 0 saturated heterocycles. The molecule has 0 radical (unpaired) electrons. The van der Waals surface area contributed by atoms with Gasteiger partial charge in [-0.25, -0.2) is 0 Å². The average Bonchev–Trinajstić information content (AvgIpc) is 2.87. The number of hydrogen-bond acceptors (Lipinski definition) is 5. The lowest BCUT2D eigenvalue weighted by Gasteiger charge is -2.54. The minimum absolute atomic E-state index is 0.0205. The summed E-state index contributed by atoms with van der Waals surface area (Å²) in [7, 11) is 1.28. The topological polar surface area (TPSA) is 102 Å². The molecule has 0 aromatic heterocycles. The Morgan fingerprint density at radius 3 is 2.32 bits per heavy atom. The highest BCUT2D eigenvalue weighted by Crippen LogP contribution is 2.57. The SMILES string of the molecule is COC(=O)[C@H](C)CC(=O)C(C)NC(=O)[C@H](C)NC(=O)[C@]1(C)CCC[C@]2(C)c3ccc(C(C)C)cc3CC[C@@H]12. The summed E-state index contributed by atoms with van der Waals surface area (Å²) in [6.07, 6.45) is 4.67. The van der Waals surface area contributed by atoms with E-state index in [-0.39, 0.29) is 29.4 Å². The summed E-state index contributed by atoms with van der Waals surface area (Å²) in [5, 5.41) is 5.66. The Morgan fingerprint density at radius 1 is 1.00 bits per heavy atom. The smallest absolute Gasteiger partial charge is 0.308 e. The van der Waals surface area contributed by atoms with Gasteiger partial charge < -0.3 is 15.4 Å². The molecule has 2 aliphatic carbocycles. The third-order valence-corrected chi connectivity index (χ3v) is 9.26. The maximum absolute atomic E-state index is 13.8. The van der Waals surface area contributed by atoms with Gasteiger partial charge in [-0.3, -0.25) is 19.2 Å². The highest BCUT2D eigenvalue weighted by Gasteiger charge is 2.55. The Labute approximate surface area is 227 Å². The Morgan fingerprint density at radius 2 is 1.68 bits per heavy atom. The summed E-state index contributed by atoms with van der Waals surface area (Å²) < 4.78 is 4.68. The van der Waals surface area contributed by atoms with Crippen molar-refractivity contribution in [2.75, 3.05) is 7.11 Å². The lowest BCUT2D eigenvalue weighted by atomic mass is 9.49. The van der Waals surface area contributed by atoms with Crippen LogP contribution in [0.2, 0.25) is 0 Å². The van der Waals surface area contributed by atoms with Crippen LogP contribution in [0.4, 0.5) is 0 Å². The molecule has 210 valence electrons. The summed E-state index contributed by atoms with van der Waals surface area (Å²) in [6.45, 7) is 13.7. The Hall–Kier alpha value is -2.70. The van der Waals surface area contributed by atoms with Gasteiger partial charge in [0, 0.05) is 6.42 Å². The van der Waals surface area contributed by atoms with Crippen LogP contribution in [-0.2, 0) is 35.8 Å². The molecular weight excluding hydrogens is 480 g/mol. The molecule has 38 heavy (non-hydrogen) atoms. The fraction of sp³-hybridized carbons (Fsp3) is 0.677. The quantitative estimate of drug-likeness (QED) is 0.458. The second kappa shape index (κ2) is 11.6. The number of methoxy groups -OCH3 is 1. The predicted octanol–water partition coefficient (Wildman–Crippen LogP) is 4.60. The van der Waals surface area contributed by atoms with Crippen molar-refractivity contribution >= 4 is 23.6 Å². The van der Waals surface area contributed by atoms with Crippen LogP contribution in [0.25, 0.3) is 0 Å². The van der Waals surface area contributed by atoms with Crippen molar-refractivity contribution in [1.82, 2.24) is 10.6 Å². The normalized spacial score (nSPS) is 26.8. The van der Waals surface area contributed by atoms with Crippen LogP contribution < -0.4 is 10.6 Å². The van der Waals surface area contributed by atoms with Gasteiger partial charge in [-0.2, -0.15) is 0 Å². The van der Waals surface area contributed by atoms with Crippen molar-refractivity contribution in [3.05, 3.63) is 34.9 Å². The molecule has 2 N–H and O–H groups in total. The highest BCUT2D eigenvalue weighted by atomic mass is 16.5. The monoisotopic (exact) mass is 526 g/mol. The molecule has 0 bridgehead atoms. The number of fused-ring (bicyclic) bond motifs is 3. The van der Waals surface area contributed by atoms with Crippen LogP contribution in [0.5, 0.6) is 0 Å². The van der Waals surface area contributed by atoms with Crippen molar-refractivity contribution in [2.45, 2.75) is 110 Å². The fourth-order valence-electron chi connectivity index (χ4n) is 6.75. The summed E-state index contributed by atoms with van der Waals surface area (Å²) in [6, 6.07) is 5.33. The van der Waals surface area contributed by atoms with Crippen molar-refractivity contribution < 1.29 is 23.9 Å². The first-order chi connectivity index (χ1) is 17.7. The largest absolute Gasteiger partial charge is 0.469 e. The summed E-state index contributed by atoms with van der Waals surface area (Å²) in [5.74, 6) is -1.16. The molecule has 0 heterocycles. The number of esters is 1. The van der Waals surface area contributed by atoms with E-state index in [4.69, 9.17) is 0 Å². The number of hydrogen-bond donors (Lipinski definition) is 2. The van der Waals surface area contributed by atoms with Gasteiger partial charge in [-0.1, -0.05) is 59.2 Å². The molecular formula is C31H46N2O5. The van der Waals surface area contributed by atoms with Crippen molar-refractivity contribution in [3.63, 3.8) is 0 Å². The number of ether oxygens (including phenoxy) is 1. The van der Waals surface area contributed by atoms with E-state index in [2.05, 4.69) is 61.3 Å². The Balaban J connectivity index is 1.69. The van der Waals surface area contributed by atoms with Gasteiger partial charge in [-0.05, 0) is 73.5 Å². The number of rotatable bonds is 9. The zero-order valence-corrected chi connectivity index (χ0v) is 24.4. The average molecular weight is 527 g/mol. The van der Waals surface area contributed by atoms with Gasteiger partial charge >= 0.3 is 5.97 Å². The van der Waals surface area contributed by atoms with Gasteiger partial charge in [-0.15, -0.1) is 0 Å². The number of nitrogens with one attached hydrogen (secondary N) is 2. The molecule has 1 aromatic rings. The predicted molar refractivity (Wildman–Crippen MR) is 148 cm³/mol. The van der Waals surface area contributed by atoms with Crippen molar-refractivity contribution in [1.29, 1.82) is 0 Å². The standard InChI is InChI=1S/C31H46N2O5/c1-18(2)22-10-12-24-23(17-22)11-13-26-30(24,6)14-9-15-31(26,7)29(37)33-21(5)27(35)32-20(4)25(34)16-19(3)28(36)38-8/h10,12,17-21,26H,9,11,13-16H2,1-8H3,(H,32,35)(H,33,37)/t19-,20?,21+,26-,30-,31-/m1/s1. The molecule has 2 aliphatic rings. The van der Waals surface area contributed by atoms with Crippen molar-refractivity contribution in [2.24, 2.45) is 17.3 Å². The van der Waals surface area contributed by atoms with E-state index in [0.29, 0.717) is 5.92 Å². The molecule has 1 unspecified atom stereocenters. The molecule has 1 aromatic carbocycles. The minimum atomic E-state index is -0.787. The van der Waals surface area contributed by atoms with Gasteiger partial charge in [0.15, 0.2) is 5.78 Å². The fourth-order valence-corrected chi connectivity index (χ4v) is 6.75. The van der Waals surface area contributed by atoms with Crippen LogP contribution in [0.15, 0.2) is 18.2 Å². The van der Waals surface area contributed by atoms with Gasteiger partial charge in [0.1, 0.15) is 6.04 Å².